The molecule has 0 bridgehead atoms. The van der Waals surface area contributed by atoms with Gasteiger partial charge in [0, 0.05) is 26.3 Å². The highest BCUT2D eigenvalue weighted by Crippen LogP contribution is 2.30. The van der Waals surface area contributed by atoms with Gasteiger partial charge in [-0.1, -0.05) is 6.92 Å². The Morgan fingerprint density at radius 1 is 1.47 bits per heavy atom. The second kappa shape index (κ2) is 4.43. The summed E-state index contributed by atoms with van der Waals surface area (Å²) in [5.41, 5.74) is 0.224. The number of β-amino-alcohol motifs (C(OH)–C–C–N with tert-alkyl or cyclic N) is 1. The van der Waals surface area contributed by atoms with Crippen LogP contribution in [0.5, 0.6) is 0 Å². The van der Waals surface area contributed by atoms with Gasteiger partial charge in [0.15, 0.2) is 0 Å². The minimum absolute atomic E-state index is 0.433. The van der Waals surface area contributed by atoms with E-state index in [2.05, 4.69) is 20.0 Å². The Kier molecular flexibility index (Phi) is 2.87. The molecule has 1 aliphatic rings. The molecule has 0 aliphatic carbocycles. The highest BCUT2D eigenvalue weighted by Gasteiger charge is 2.40. The molecule has 7 heteroatoms. The van der Waals surface area contributed by atoms with Crippen LogP contribution < -0.4 is 4.90 Å². The molecule has 0 unspecified atom stereocenters. The van der Waals surface area contributed by atoms with Crippen LogP contribution in [0.1, 0.15) is 19.0 Å². The van der Waals surface area contributed by atoms with Gasteiger partial charge in [-0.05, 0) is 6.42 Å². The highest BCUT2D eigenvalue weighted by molar-refractivity contribution is 5.50. The molecule has 3 heterocycles. The van der Waals surface area contributed by atoms with Gasteiger partial charge in [-0.15, -0.1) is 0 Å². The van der Waals surface area contributed by atoms with Gasteiger partial charge in [0.25, 0.3) is 5.78 Å². The Morgan fingerprint density at radius 3 is 2.95 bits per heavy atom. The number of anilines is 1. The van der Waals surface area contributed by atoms with Crippen LogP contribution in [-0.4, -0.2) is 50.5 Å². The summed E-state index contributed by atoms with van der Waals surface area (Å²) >= 11 is 0. The number of hydrogen-bond donors (Lipinski definition) is 1. The van der Waals surface area contributed by atoms with Crippen LogP contribution >= 0.6 is 0 Å². The largest absolute Gasteiger partial charge is 0.386 e. The third-order valence-corrected chi connectivity index (χ3v) is 3.53. The monoisotopic (exact) mass is 263 g/mol. The van der Waals surface area contributed by atoms with E-state index in [9.17, 15) is 5.11 Å². The van der Waals surface area contributed by atoms with Crippen molar-refractivity contribution in [3.8, 4) is 0 Å². The first-order valence-electron chi connectivity index (χ1n) is 6.31. The summed E-state index contributed by atoms with van der Waals surface area (Å²) in [4.78, 5) is 10.5. The van der Waals surface area contributed by atoms with Crippen molar-refractivity contribution < 1.29 is 9.84 Å². The van der Waals surface area contributed by atoms with Crippen molar-refractivity contribution in [3.63, 3.8) is 0 Å². The molecule has 1 N–H and O–H groups in total. The summed E-state index contributed by atoms with van der Waals surface area (Å²) in [7, 11) is 1.63. The smallest absolute Gasteiger partial charge is 0.254 e. The molecule has 1 saturated heterocycles. The number of methoxy groups -OCH3 is 1. The molecule has 7 nitrogen and oxygen atoms in total. The maximum absolute atomic E-state index is 10.1. The van der Waals surface area contributed by atoms with E-state index in [1.165, 1.54) is 6.33 Å². The van der Waals surface area contributed by atoms with E-state index in [1.807, 2.05) is 13.0 Å². The summed E-state index contributed by atoms with van der Waals surface area (Å²) < 4.78 is 6.80. The van der Waals surface area contributed by atoms with E-state index in [0.717, 1.165) is 17.9 Å². The Balaban J connectivity index is 1.96. The lowest BCUT2D eigenvalue weighted by molar-refractivity contribution is 0.00781. The fraction of sp³-hybridized carbons (Fsp3) is 0.583. The molecule has 1 aliphatic heterocycles. The number of ether oxygens (including phenoxy) is 1. The molecule has 2 aromatic heterocycles. The normalized spacial score (nSPS) is 17.7. The Labute approximate surface area is 110 Å². The standard InChI is InChI=1S/C12H17N5O2/c1-3-12(18)6-16(7-12)10-4-9(5-19-2)15-11-13-8-14-17(10)11/h4,8,18H,3,5-7H2,1-2H3. The Hall–Kier alpha value is -1.73. The summed E-state index contributed by atoms with van der Waals surface area (Å²) in [6.45, 7) is 3.64. The van der Waals surface area contributed by atoms with Gasteiger partial charge in [0.05, 0.1) is 17.9 Å². The van der Waals surface area contributed by atoms with Gasteiger partial charge in [0.2, 0.25) is 0 Å². The van der Waals surface area contributed by atoms with Crippen molar-refractivity contribution in [3.05, 3.63) is 18.1 Å². The molecule has 0 atom stereocenters. The van der Waals surface area contributed by atoms with E-state index in [0.29, 0.717) is 25.5 Å². The quantitative estimate of drug-likeness (QED) is 0.851. The van der Waals surface area contributed by atoms with Crippen molar-refractivity contribution in [1.29, 1.82) is 0 Å². The molecule has 19 heavy (non-hydrogen) atoms. The van der Waals surface area contributed by atoms with E-state index in [1.54, 1.807) is 11.6 Å². The van der Waals surface area contributed by atoms with Crippen LogP contribution in [0.3, 0.4) is 0 Å². The van der Waals surface area contributed by atoms with Crippen LogP contribution in [0.25, 0.3) is 5.78 Å². The lowest BCUT2D eigenvalue weighted by atomic mass is 9.91. The molecule has 1 fully saturated rings. The predicted octanol–water partition coefficient (Wildman–Crippen LogP) is 0.232. The van der Waals surface area contributed by atoms with E-state index in [4.69, 9.17) is 4.74 Å². The minimum atomic E-state index is -0.586. The average Bonchev–Trinajstić information content (AvgIpc) is 2.82. The molecule has 2 aromatic rings. The zero-order chi connectivity index (χ0) is 13.5. The summed E-state index contributed by atoms with van der Waals surface area (Å²) in [5, 5.41) is 14.3. The van der Waals surface area contributed by atoms with Crippen LogP contribution in [0.15, 0.2) is 12.4 Å². The number of fused-ring (bicyclic) bond motifs is 1. The zero-order valence-corrected chi connectivity index (χ0v) is 11.1. The van der Waals surface area contributed by atoms with Crippen LogP contribution in [0.4, 0.5) is 5.82 Å². The van der Waals surface area contributed by atoms with Crippen molar-refractivity contribution in [2.24, 2.45) is 0 Å². The summed E-state index contributed by atoms with van der Waals surface area (Å²) in [6, 6.07) is 1.93. The zero-order valence-electron chi connectivity index (χ0n) is 11.1. The second-order valence-corrected chi connectivity index (χ2v) is 4.94. The third-order valence-electron chi connectivity index (χ3n) is 3.53. The first-order chi connectivity index (χ1) is 9.15. The first kappa shape index (κ1) is 12.3. The molecular weight excluding hydrogens is 246 g/mol. The van der Waals surface area contributed by atoms with Gasteiger partial charge in [-0.3, -0.25) is 0 Å². The lowest BCUT2D eigenvalue weighted by Crippen LogP contribution is -2.62. The number of aliphatic hydroxyl groups is 1. The number of hydrogen-bond acceptors (Lipinski definition) is 6. The number of rotatable bonds is 4. The molecule has 0 saturated carbocycles. The van der Waals surface area contributed by atoms with Crippen molar-refractivity contribution in [2.45, 2.75) is 25.6 Å². The lowest BCUT2D eigenvalue weighted by Gasteiger charge is -2.47. The molecule has 3 rings (SSSR count). The maximum Gasteiger partial charge on any atom is 0.254 e. The molecule has 0 spiro atoms. The highest BCUT2D eigenvalue weighted by atomic mass is 16.5. The van der Waals surface area contributed by atoms with Crippen LogP contribution in [0.2, 0.25) is 0 Å². The van der Waals surface area contributed by atoms with Gasteiger partial charge >= 0.3 is 0 Å². The minimum Gasteiger partial charge on any atom is -0.386 e. The molecule has 0 aromatic carbocycles. The fourth-order valence-electron chi connectivity index (χ4n) is 2.34. The van der Waals surface area contributed by atoms with Gasteiger partial charge in [-0.25, -0.2) is 4.98 Å². The van der Waals surface area contributed by atoms with Crippen molar-refractivity contribution in [1.82, 2.24) is 19.6 Å². The van der Waals surface area contributed by atoms with Crippen LogP contribution in [0, 0.1) is 0 Å². The first-order valence-corrected chi connectivity index (χ1v) is 6.31. The Bertz CT molecular complexity index is 591. The molecule has 0 radical (unpaired) electrons. The van der Waals surface area contributed by atoms with E-state index in [-0.39, 0.29) is 0 Å². The van der Waals surface area contributed by atoms with Gasteiger partial charge in [-0.2, -0.15) is 14.6 Å². The fourth-order valence-corrected chi connectivity index (χ4v) is 2.34. The van der Waals surface area contributed by atoms with E-state index >= 15 is 0 Å². The Morgan fingerprint density at radius 2 is 2.26 bits per heavy atom. The molecule has 102 valence electrons. The predicted molar refractivity (Wildman–Crippen MR) is 68.9 cm³/mol. The second-order valence-electron chi connectivity index (χ2n) is 4.94. The van der Waals surface area contributed by atoms with Crippen molar-refractivity contribution >= 4 is 11.6 Å². The van der Waals surface area contributed by atoms with Crippen LogP contribution in [-0.2, 0) is 11.3 Å². The summed E-state index contributed by atoms with van der Waals surface area (Å²) in [5.74, 6) is 1.45. The molecule has 0 amide bonds. The SMILES string of the molecule is CCC1(O)CN(c2cc(COC)nc3ncnn23)C1. The third kappa shape index (κ3) is 2.04. The molecular formula is C12H17N5O2. The van der Waals surface area contributed by atoms with Crippen molar-refractivity contribution in [2.75, 3.05) is 25.1 Å². The number of aromatic nitrogens is 4. The average molecular weight is 263 g/mol. The van der Waals surface area contributed by atoms with E-state index < -0.39 is 5.60 Å². The van der Waals surface area contributed by atoms with Gasteiger partial charge < -0.3 is 14.7 Å². The summed E-state index contributed by atoms with van der Waals surface area (Å²) in [6.07, 6.45) is 2.23. The van der Waals surface area contributed by atoms with Gasteiger partial charge in [0.1, 0.15) is 12.1 Å². The maximum atomic E-state index is 10.1. The topological polar surface area (TPSA) is 75.8 Å². The number of nitrogens with zero attached hydrogens (tertiary/aromatic N) is 5.